The highest BCUT2D eigenvalue weighted by atomic mass is 16.5. The SMILES string of the molecule is CC.COC=Nc1ccc(C)cc1C. The van der Waals surface area contributed by atoms with Gasteiger partial charge >= 0.3 is 0 Å². The minimum absolute atomic E-state index is 0.961. The van der Waals surface area contributed by atoms with Crippen molar-refractivity contribution >= 4 is 12.1 Å². The Bertz CT molecular complexity index is 292. The lowest BCUT2D eigenvalue weighted by Crippen LogP contribution is -1.80. The summed E-state index contributed by atoms with van der Waals surface area (Å²) < 4.78 is 4.74. The van der Waals surface area contributed by atoms with Crippen LogP contribution in [0.1, 0.15) is 25.0 Å². The van der Waals surface area contributed by atoms with Crippen molar-refractivity contribution < 1.29 is 4.74 Å². The van der Waals surface area contributed by atoms with Crippen molar-refractivity contribution in [1.29, 1.82) is 0 Å². The second-order valence-corrected chi connectivity index (χ2v) is 2.76. The van der Waals surface area contributed by atoms with Gasteiger partial charge in [-0.05, 0) is 25.5 Å². The quantitative estimate of drug-likeness (QED) is 0.519. The molecule has 0 atom stereocenters. The summed E-state index contributed by atoms with van der Waals surface area (Å²) >= 11 is 0. The zero-order valence-electron chi connectivity index (χ0n) is 9.66. The van der Waals surface area contributed by atoms with Gasteiger partial charge in [-0.2, -0.15) is 0 Å². The molecule has 0 unspecified atom stereocenters. The number of aliphatic imine (C=N–C) groups is 1. The van der Waals surface area contributed by atoms with E-state index in [1.54, 1.807) is 7.11 Å². The van der Waals surface area contributed by atoms with Crippen LogP contribution in [-0.2, 0) is 4.74 Å². The fourth-order valence-electron chi connectivity index (χ4n) is 1.06. The first-order valence-corrected chi connectivity index (χ1v) is 4.86. The van der Waals surface area contributed by atoms with Crippen molar-refractivity contribution in [1.82, 2.24) is 0 Å². The molecule has 0 aliphatic rings. The minimum atomic E-state index is 0.961. The Morgan fingerprint density at radius 1 is 1.21 bits per heavy atom. The fraction of sp³-hybridized carbons (Fsp3) is 0.417. The van der Waals surface area contributed by atoms with E-state index in [9.17, 15) is 0 Å². The molecule has 0 N–H and O–H groups in total. The number of benzene rings is 1. The Hall–Kier alpha value is -1.31. The predicted molar refractivity (Wildman–Crippen MR) is 62.4 cm³/mol. The van der Waals surface area contributed by atoms with Crippen LogP contribution >= 0.6 is 0 Å². The summed E-state index contributed by atoms with van der Waals surface area (Å²) in [7, 11) is 1.59. The van der Waals surface area contributed by atoms with Crippen molar-refractivity contribution in [3.8, 4) is 0 Å². The molecule has 0 saturated heterocycles. The van der Waals surface area contributed by atoms with Crippen LogP contribution in [-0.4, -0.2) is 13.5 Å². The molecule has 0 aliphatic carbocycles. The lowest BCUT2D eigenvalue weighted by Gasteiger charge is -1.99. The summed E-state index contributed by atoms with van der Waals surface area (Å²) in [5, 5.41) is 0. The van der Waals surface area contributed by atoms with Crippen molar-refractivity contribution in [2.45, 2.75) is 27.7 Å². The molecule has 2 heteroatoms. The predicted octanol–water partition coefficient (Wildman–Crippen LogP) is 3.64. The van der Waals surface area contributed by atoms with Gasteiger partial charge in [0.1, 0.15) is 0 Å². The third-order valence-corrected chi connectivity index (χ3v) is 1.65. The molecule has 0 radical (unpaired) electrons. The summed E-state index contributed by atoms with van der Waals surface area (Å²) in [5.74, 6) is 0. The van der Waals surface area contributed by atoms with Gasteiger partial charge in [-0.1, -0.05) is 31.5 Å². The van der Waals surface area contributed by atoms with Crippen LogP contribution in [0.4, 0.5) is 5.69 Å². The van der Waals surface area contributed by atoms with Gasteiger partial charge in [0, 0.05) is 0 Å². The highest BCUT2D eigenvalue weighted by molar-refractivity contribution is 5.58. The molecule has 0 saturated carbocycles. The zero-order chi connectivity index (χ0) is 11.0. The van der Waals surface area contributed by atoms with Gasteiger partial charge in [-0.25, -0.2) is 4.99 Å². The van der Waals surface area contributed by atoms with Crippen LogP contribution in [0.2, 0.25) is 0 Å². The van der Waals surface area contributed by atoms with E-state index < -0.39 is 0 Å². The molecule has 2 nitrogen and oxygen atoms in total. The summed E-state index contributed by atoms with van der Waals surface area (Å²) in [6.07, 6.45) is 1.44. The van der Waals surface area contributed by atoms with E-state index in [4.69, 9.17) is 4.74 Å². The lowest BCUT2D eigenvalue weighted by atomic mass is 10.1. The first-order valence-electron chi connectivity index (χ1n) is 4.86. The topological polar surface area (TPSA) is 21.6 Å². The Kier molecular flexibility index (Phi) is 6.46. The van der Waals surface area contributed by atoms with Crippen LogP contribution in [0.3, 0.4) is 0 Å². The van der Waals surface area contributed by atoms with Crippen LogP contribution in [0, 0.1) is 13.8 Å². The highest BCUT2D eigenvalue weighted by Crippen LogP contribution is 2.18. The van der Waals surface area contributed by atoms with Gasteiger partial charge in [-0.3, -0.25) is 0 Å². The molecule has 14 heavy (non-hydrogen) atoms. The maximum atomic E-state index is 4.74. The van der Waals surface area contributed by atoms with Crippen LogP contribution < -0.4 is 0 Å². The van der Waals surface area contributed by atoms with Gasteiger partial charge in [0.05, 0.1) is 12.8 Å². The number of ether oxygens (including phenoxy) is 1. The molecule has 0 amide bonds. The van der Waals surface area contributed by atoms with E-state index >= 15 is 0 Å². The number of nitrogens with zero attached hydrogens (tertiary/aromatic N) is 1. The summed E-state index contributed by atoms with van der Waals surface area (Å²) in [5.41, 5.74) is 3.38. The van der Waals surface area contributed by atoms with E-state index in [2.05, 4.69) is 18.0 Å². The van der Waals surface area contributed by atoms with Crippen LogP contribution in [0.5, 0.6) is 0 Å². The molecular weight excluding hydrogens is 174 g/mol. The van der Waals surface area contributed by atoms with E-state index in [1.807, 2.05) is 32.9 Å². The first-order chi connectivity index (χ1) is 6.74. The number of methoxy groups -OCH3 is 1. The van der Waals surface area contributed by atoms with E-state index in [0.717, 1.165) is 5.69 Å². The molecule has 0 aromatic heterocycles. The minimum Gasteiger partial charge on any atom is -0.486 e. The van der Waals surface area contributed by atoms with Gasteiger partial charge in [0.25, 0.3) is 0 Å². The zero-order valence-corrected chi connectivity index (χ0v) is 9.66. The second-order valence-electron chi connectivity index (χ2n) is 2.76. The largest absolute Gasteiger partial charge is 0.486 e. The number of aryl methyl sites for hydroxylation is 2. The van der Waals surface area contributed by atoms with E-state index in [-0.39, 0.29) is 0 Å². The van der Waals surface area contributed by atoms with Gasteiger partial charge in [0.15, 0.2) is 6.40 Å². The van der Waals surface area contributed by atoms with Crippen molar-refractivity contribution in [3.05, 3.63) is 29.3 Å². The van der Waals surface area contributed by atoms with Gasteiger partial charge in [-0.15, -0.1) is 0 Å². The molecule has 0 spiro atoms. The van der Waals surface area contributed by atoms with Crippen molar-refractivity contribution in [3.63, 3.8) is 0 Å². The molecule has 0 heterocycles. The summed E-state index contributed by atoms with van der Waals surface area (Å²) in [6.45, 7) is 8.10. The molecule has 1 rings (SSSR count). The smallest absolute Gasteiger partial charge is 0.174 e. The Morgan fingerprint density at radius 2 is 1.86 bits per heavy atom. The van der Waals surface area contributed by atoms with Crippen LogP contribution in [0.15, 0.2) is 23.2 Å². The van der Waals surface area contributed by atoms with E-state index in [1.165, 1.54) is 17.5 Å². The summed E-state index contributed by atoms with van der Waals surface area (Å²) in [4.78, 5) is 4.12. The lowest BCUT2D eigenvalue weighted by molar-refractivity contribution is 0.423. The number of hydrogen-bond donors (Lipinski definition) is 0. The maximum Gasteiger partial charge on any atom is 0.174 e. The highest BCUT2D eigenvalue weighted by Gasteiger charge is 1.94. The Labute approximate surface area is 86.6 Å². The summed E-state index contributed by atoms with van der Waals surface area (Å²) in [6, 6.07) is 6.12. The number of rotatable bonds is 2. The molecule has 0 fully saturated rings. The van der Waals surface area contributed by atoms with Gasteiger partial charge < -0.3 is 4.74 Å². The van der Waals surface area contributed by atoms with E-state index in [0.29, 0.717) is 0 Å². The average molecular weight is 193 g/mol. The average Bonchev–Trinajstić information content (AvgIpc) is 2.20. The molecule has 1 aromatic carbocycles. The third-order valence-electron chi connectivity index (χ3n) is 1.65. The fourth-order valence-corrected chi connectivity index (χ4v) is 1.06. The van der Waals surface area contributed by atoms with Crippen LogP contribution in [0.25, 0.3) is 0 Å². The molecule has 0 bridgehead atoms. The molecule has 0 aliphatic heterocycles. The standard InChI is InChI=1S/C10H13NO.C2H6/c1-8-4-5-10(9(2)6-8)11-7-12-3;1-2/h4-7H,1-3H3;1-2H3. The molecule has 1 aromatic rings. The Balaban J connectivity index is 0.000000791. The van der Waals surface area contributed by atoms with Gasteiger partial charge in [0.2, 0.25) is 0 Å². The second kappa shape index (κ2) is 7.13. The van der Waals surface area contributed by atoms with Crippen molar-refractivity contribution in [2.24, 2.45) is 4.99 Å². The monoisotopic (exact) mass is 193 g/mol. The number of hydrogen-bond acceptors (Lipinski definition) is 2. The maximum absolute atomic E-state index is 4.74. The first kappa shape index (κ1) is 12.7. The molecule has 78 valence electrons. The third kappa shape index (κ3) is 4.08. The normalized spacial score (nSPS) is 9.50. The molecular formula is C12H19NO. The Morgan fingerprint density at radius 3 is 2.36 bits per heavy atom. The van der Waals surface area contributed by atoms with Crippen molar-refractivity contribution in [2.75, 3.05) is 7.11 Å².